The highest BCUT2D eigenvalue weighted by molar-refractivity contribution is 6.23. The molecule has 0 aliphatic heterocycles. The molecule has 0 radical (unpaired) electrons. The number of nitrogens with two attached hydrogens (primary N) is 1. The summed E-state index contributed by atoms with van der Waals surface area (Å²) in [4.78, 5) is 11.9. The average Bonchev–Trinajstić information content (AvgIpc) is 3.24. The van der Waals surface area contributed by atoms with E-state index < -0.39 is 17.6 Å². The van der Waals surface area contributed by atoms with E-state index in [4.69, 9.17) is 10.2 Å². The first-order valence-electron chi connectivity index (χ1n) is 8.30. The van der Waals surface area contributed by atoms with Crippen LogP contribution in [0.1, 0.15) is 35.1 Å². The van der Waals surface area contributed by atoms with Crippen molar-refractivity contribution in [3.8, 4) is 0 Å². The summed E-state index contributed by atoms with van der Waals surface area (Å²) in [5.74, 6) is -3.68. The van der Waals surface area contributed by atoms with E-state index in [1.54, 1.807) is 12.3 Å². The van der Waals surface area contributed by atoms with Crippen molar-refractivity contribution in [2.45, 2.75) is 26.3 Å². The molecule has 140 valence electrons. The van der Waals surface area contributed by atoms with E-state index in [2.05, 4.69) is 5.10 Å². The molecule has 3 rings (SSSR count). The second-order valence-corrected chi connectivity index (χ2v) is 6.41. The molecule has 0 atom stereocenters. The summed E-state index contributed by atoms with van der Waals surface area (Å²) < 4.78 is 33.2. The van der Waals surface area contributed by atoms with Crippen LogP contribution in [0.15, 0.2) is 53.2 Å². The van der Waals surface area contributed by atoms with Gasteiger partial charge in [0.15, 0.2) is 5.76 Å². The predicted molar refractivity (Wildman–Crippen MR) is 97.8 cm³/mol. The highest BCUT2D eigenvalue weighted by Crippen LogP contribution is 2.28. The molecule has 1 amide bonds. The van der Waals surface area contributed by atoms with E-state index in [9.17, 15) is 13.6 Å². The molecule has 2 aromatic heterocycles. The molecule has 2 heterocycles. The largest absolute Gasteiger partial charge is 0.458 e. The van der Waals surface area contributed by atoms with Crippen molar-refractivity contribution in [3.63, 3.8) is 0 Å². The molecule has 0 fully saturated rings. The number of hydrogen-bond acceptors (Lipinski definition) is 3. The summed E-state index contributed by atoms with van der Waals surface area (Å²) in [6.07, 6.45) is 4.81. The molecule has 2 N–H and O–H groups in total. The summed E-state index contributed by atoms with van der Waals surface area (Å²) in [7, 11) is 0. The predicted octanol–water partition coefficient (Wildman–Crippen LogP) is 3.97. The minimum atomic E-state index is -3.04. The summed E-state index contributed by atoms with van der Waals surface area (Å²) in [6.45, 7) is 2.91. The van der Waals surface area contributed by atoms with E-state index in [1.165, 1.54) is 23.0 Å². The van der Waals surface area contributed by atoms with Gasteiger partial charge < -0.3 is 10.2 Å². The lowest BCUT2D eigenvalue weighted by molar-refractivity contribution is -0.112. The topological polar surface area (TPSA) is 74.1 Å². The van der Waals surface area contributed by atoms with Gasteiger partial charge in [-0.3, -0.25) is 9.48 Å². The number of carbonyl (C=O) groups is 1. The number of furan rings is 1. The fraction of sp³-hybridized carbons (Fsp3) is 0.200. The maximum Gasteiger partial charge on any atom is 0.301 e. The molecule has 5 nitrogen and oxygen atoms in total. The third kappa shape index (κ3) is 4.49. The molecular weight excluding hydrogens is 352 g/mol. The number of benzene rings is 1. The monoisotopic (exact) mass is 371 g/mol. The minimum absolute atomic E-state index is 0.159. The van der Waals surface area contributed by atoms with Crippen molar-refractivity contribution < 1.29 is 18.0 Å². The maximum atomic E-state index is 13.3. The molecular formula is C20H19F2N3O2. The zero-order chi connectivity index (χ0) is 19.6. The van der Waals surface area contributed by atoms with Crippen LogP contribution in [-0.4, -0.2) is 15.7 Å². The summed E-state index contributed by atoms with van der Waals surface area (Å²) in [6, 6.07) is 10.4. The van der Waals surface area contributed by atoms with Gasteiger partial charge in [-0.15, -0.1) is 0 Å². The van der Waals surface area contributed by atoms with Gasteiger partial charge in [0.2, 0.25) is 5.91 Å². The molecule has 0 bridgehead atoms. The molecule has 0 saturated carbocycles. The number of alkyl halides is 2. The number of halogens is 2. The van der Waals surface area contributed by atoms with Gasteiger partial charge >= 0.3 is 5.92 Å². The number of primary amides is 1. The number of carbonyl (C=O) groups excluding carboxylic acids is 1. The third-order valence-corrected chi connectivity index (χ3v) is 4.01. The lowest BCUT2D eigenvalue weighted by Gasteiger charge is -2.05. The SMILES string of the molecule is Cc1ccc(C=C(C(N)=O)c2cnn(Cc3ccc(C(C)(F)F)o3)c2)cc1. The molecule has 0 aliphatic carbocycles. The van der Waals surface area contributed by atoms with Gasteiger partial charge in [0, 0.05) is 18.7 Å². The van der Waals surface area contributed by atoms with E-state index in [1.807, 2.05) is 31.2 Å². The number of aromatic nitrogens is 2. The van der Waals surface area contributed by atoms with Crippen LogP contribution in [0.25, 0.3) is 11.6 Å². The van der Waals surface area contributed by atoms with Crippen LogP contribution in [0, 0.1) is 6.92 Å². The van der Waals surface area contributed by atoms with Crippen LogP contribution >= 0.6 is 0 Å². The zero-order valence-corrected chi connectivity index (χ0v) is 14.9. The third-order valence-electron chi connectivity index (χ3n) is 4.01. The van der Waals surface area contributed by atoms with Crippen molar-refractivity contribution >= 4 is 17.6 Å². The Balaban J connectivity index is 1.83. The Morgan fingerprint density at radius 1 is 1.26 bits per heavy atom. The van der Waals surface area contributed by atoms with Gasteiger partial charge in [-0.1, -0.05) is 29.8 Å². The van der Waals surface area contributed by atoms with Gasteiger partial charge in [0.25, 0.3) is 0 Å². The average molecular weight is 371 g/mol. The van der Waals surface area contributed by atoms with Crippen molar-refractivity contribution in [2.24, 2.45) is 5.73 Å². The van der Waals surface area contributed by atoms with Crippen LogP contribution < -0.4 is 5.73 Å². The number of hydrogen-bond donors (Lipinski definition) is 1. The molecule has 0 unspecified atom stereocenters. The van der Waals surface area contributed by atoms with Crippen LogP contribution in [0.5, 0.6) is 0 Å². The van der Waals surface area contributed by atoms with E-state index in [0.717, 1.165) is 18.1 Å². The number of nitrogens with zero attached hydrogens (tertiary/aromatic N) is 2. The Kier molecular flexibility index (Phi) is 4.94. The summed E-state index contributed by atoms with van der Waals surface area (Å²) in [5.41, 5.74) is 8.31. The van der Waals surface area contributed by atoms with Crippen molar-refractivity contribution in [3.05, 3.63) is 77.0 Å². The van der Waals surface area contributed by atoms with E-state index in [-0.39, 0.29) is 6.54 Å². The van der Waals surface area contributed by atoms with Crippen molar-refractivity contribution in [1.29, 1.82) is 0 Å². The highest BCUT2D eigenvalue weighted by atomic mass is 19.3. The molecule has 0 saturated heterocycles. The van der Waals surface area contributed by atoms with Crippen LogP contribution in [0.2, 0.25) is 0 Å². The lowest BCUT2D eigenvalue weighted by Crippen LogP contribution is -2.12. The zero-order valence-electron chi connectivity index (χ0n) is 14.9. The fourth-order valence-electron chi connectivity index (χ4n) is 2.57. The minimum Gasteiger partial charge on any atom is -0.458 e. The molecule has 1 aromatic carbocycles. The van der Waals surface area contributed by atoms with Crippen molar-refractivity contribution in [1.82, 2.24) is 9.78 Å². The smallest absolute Gasteiger partial charge is 0.301 e. The molecule has 3 aromatic rings. The fourth-order valence-corrected chi connectivity index (χ4v) is 2.57. The molecule has 7 heteroatoms. The summed E-state index contributed by atoms with van der Waals surface area (Å²) in [5, 5.41) is 4.16. The lowest BCUT2D eigenvalue weighted by atomic mass is 10.0. The maximum absolute atomic E-state index is 13.3. The normalized spacial score (nSPS) is 12.4. The standard InChI is InChI=1S/C20H19F2N3O2/c1-13-3-5-14(6-4-13)9-17(19(23)26)15-10-24-25(11-15)12-16-7-8-18(27-16)20(2,21)22/h3-11H,12H2,1-2H3,(H2,23,26). The van der Waals surface area contributed by atoms with Gasteiger partial charge in [-0.2, -0.15) is 13.9 Å². The molecule has 0 spiro atoms. The van der Waals surface area contributed by atoms with Gasteiger partial charge in [-0.05, 0) is 30.7 Å². The Labute approximate surface area is 155 Å². The first-order valence-corrected chi connectivity index (χ1v) is 8.30. The Bertz CT molecular complexity index is 979. The molecule has 27 heavy (non-hydrogen) atoms. The van der Waals surface area contributed by atoms with Crippen LogP contribution in [0.3, 0.4) is 0 Å². The van der Waals surface area contributed by atoms with E-state index in [0.29, 0.717) is 16.9 Å². The second kappa shape index (κ2) is 7.19. The number of aryl methyl sites for hydroxylation is 1. The first-order chi connectivity index (χ1) is 12.7. The summed E-state index contributed by atoms with van der Waals surface area (Å²) >= 11 is 0. The number of rotatable bonds is 6. The van der Waals surface area contributed by atoms with Gasteiger partial charge in [0.05, 0.1) is 18.3 Å². The highest BCUT2D eigenvalue weighted by Gasteiger charge is 2.28. The van der Waals surface area contributed by atoms with Crippen LogP contribution in [0.4, 0.5) is 8.78 Å². The second-order valence-electron chi connectivity index (χ2n) is 6.41. The van der Waals surface area contributed by atoms with E-state index >= 15 is 0 Å². The number of amides is 1. The molecule has 0 aliphatic rings. The van der Waals surface area contributed by atoms with Gasteiger partial charge in [0.1, 0.15) is 5.76 Å². The Morgan fingerprint density at radius 3 is 2.56 bits per heavy atom. The van der Waals surface area contributed by atoms with Crippen LogP contribution in [-0.2, 0) is 17.3 Å². The first kappa shape index (κ1) is 18.6. The van der Waals surface area contributed by atoms with Crippen molar-refractivity contribution in [2.75, 3.05) is 0 Å². The quantitative estimate of drug-likeness (QED) is 0.666. The Morgan fingerprint density at radius 2 is 1.96 bits per heavy atom. The van der Waals surface area contributed by atoms with Gasteiger partial charge in [-0.25, -0.2) is 0 Å². The Hall–Kier alpha value is -3.22.